The number of aryl methyl sites for hydroxylation is 1. The van der Waals surface area contributed by atoms with Gasteiger partial charge in [-0.2, -0.15) is 5.10 Å². The minimum atomic E-state index is -0.136. The molecule has 174 valence electrons. The van der Waals surface area contributed by atoms with E-state index in [2.05, 4.69) is 22.6 Å². The van der Waals surface area contributed by atoms with E-state index >= 15 is 0 Å². The van der Waals surface area contributed by atoms with Gasteiger partial charge in [-0.25, -0.2) is 0 Å². The van der Waals surface area contributed by atoms with Crippen molar-refractivity contribution in [2.45, 2.75) is 32.6 Å². The Bertz CT molecular complexity index is 997. The molecule has 0 bridgehead atoms. The van der Waals surface area contributed by atoms with Crippen molar-refractivity contribution in [3.05, 3.63) is 64.7 Å². The molecule has 0 aromatic heterocycles. The molecule has 0 radical (unpaired) electrons. The molecule has 7 nitrogen and oxygen atoms in total. The minimum Gasteiger partial charge on any atom is -0.466 e. The van der Waals surface area contributed by atoms with Gasteiger partial charge >= 0.3 is 5.97 Å². The van der Waals surface area contributed by atoms with Crippen LogP contribution in [-0.2, 0) is 27.1 Å². The van der Waals surface area contributed by atoms with Crippen molar-refractivity contribution in [3.8, 4) is 0 Å². The second-order valence-electron chi connectivity index (χ2n) is 8.49. The molecular formula is C26H31N3O4. The van der Waals surface area contributed by atoms with Crippen LogP contribution in [0.3, 0.4) is 0 Å². The molecule has 1 N–H and O–H groups in total. The number of esters is 1. The molecule has 4 rings (SSSR count). The molecule has 7 heteroatoms. The third kappa shape index (κ3) is 6.42. The number of carbonyl (C=O) groups excluding carboxylic acids is 2. The molecule has 1 unspecified atom stereocenters. The zero-order chi connectivity index (χ0) is 23.0. The maximum Gasteiger partial charge on any atom is 0.306 e. The molecule has 1 aliphatic heterocycles. The number of morpholine rings is 1. The molecule has 1 saturated heterocycles. The van der Waals surface area contributed by atoms with Gasteiger partial charge in [0.1, 0.15) is 0 Å². The molecule has 1 atom stereocenters. The van der Waals surface area contributed by atoms with Crippen LogP contribution >= 0.6 is 0 Å². The van der Waals surface area contributed by atoms with Crippen LogP contribution in [-0.4, -0.2) is 56.0 Å². The van der Waals surface area contributed by atoms with Gasteiger partial charge in [0, 0.05) is 17.7 Å². The van der Waals surface area contributed by atoms with E-state index in [1.54, 1.807) is 0 Å². The third-order valence-corrected chi connectivity index (χ3v) is 6.09. The van der Waals surface area contributed by atoms with Gasteiger partial charge in [-0.15, -0.1) is 0 Å². The predicted octanol–water partition coefficient (Wildman–Crippen LogP) is 3.66. The SMILES string of the molecule is CCOC(=O)CC1CCc2cc(NC(=O)c3ccc(C=NN4CCOCC4)cc3)ccc2C1. The summed E-state index contributed by atoms with van der Waals surface area (Å²) in [5.41, 5.74) is 4.83. The molecule has 0 saturated carbocycles. The van der Waals surface area contributed by atoms with Gasteiger partial charge in [-0.1, -0.05) is 18.2 Å². The lowest BCUT2D eigenvalue weighted by Crippen LogP contribution is -2.32. The highest BCUT2D eigenvalue weighted by Crippen LogP contribution is 2.30. The summed E-state index contributed by atoms with van der Waals surface area (Å²) in [6, 6.07) is 13.5. The molecule has 33 heavy (non-hydrogen) atoms. The van der Waals surface area contributed by atoms with Crippen LogP contribution in [0.25, 0.3) is 0 Å². The summed E-state index contributed by atoms with van der Waals surface area (Å²) in [4.78, 5) is 24.5. The molecule has 2 aliphatic rings. The van der Waals surface area contributed by atoms with Gasteiger partial charge in [-0.05, 0) is 73.1 Å². The highest BCUT2D eigenvalue weighted by Gasteiger charge is 2.22. The molecule has 2 aromatic carbocycles. The quantitative estimate of drug-likeness (QED) is 0.515. The van der Waals surface area contributed by atoms with Crippen molar-refractivity contribution < 1.29 is 19.1 Å². The Morgan fingerprint density at radius 2 is 1.94 bits per heavy atom. The van der Waals surface area contributed by atoms with Gasteiger partial charge < -0.3 is 14.8 Å². The number of amides is 1. The number of hydrogen-bond donors (Lipinski definition) is 1. The summed E-state index contributed by atoms with van der Waals surface area (Å²) >= 11 is 0. The Labute approximate surface area is 194 Å². The van der Waals surface area contributed by atoms with E-state index in [0.717, 1.165) is 43.6 Å². The van der Waals surface area contributed by atoms with Crippen LogP contribution in [0.5, 0.6) is 0 Å². The van der Waals surface area contributed by atoms with E-state index in [-0.39, 0.29) is 11.9 Å². The Hall–Kier alpha value is -3.19. The van der Waals surface area contributed by atoms with E-state index in [9.17, 15) is 9.59 Å². The average Bonchev–Trinajstić information content (AvgIpc) is 2.84. The zero-order valence-electron chi connectivity index (χ0n) is 19.1. The summed E-state index contributed by atoms with van der Waals surface area (Å²) < 4.78 is 10.4. The Balaban J connectivity index is 1.32. The highest BCUT2D eigenvalue weighted by molar-refractivity contribution is 6.04. The largest absolute Gasteiger partial charge is 0.466 e. The highest BCUT2D eigenvalue weighted by atomic mass is 16.5. The van der Waals surface area contributed by atoms with Gasteiger partial charge in [0.25, 0.3) is 5.91 Å². The number of fused-ring (bicyclic) bond motifs is 1. The molecule has 2 aromatic rings. The third-order valence-electron chi connectivity index (χ3n) is 6.09. The van der Waals surface area contributed by atoms with E-state index in [0.29, 0.717) is 37.7 Å². The molecule has 1 amide bonds. The van der Waals surface area contributed by atoms with Crippen LogP contribution in [0, 0.1) is 5.92 Å². The van der Waals surface area contributed by atoms with E-state index in [1.807, 2.05) is 48.5 Å². The van der Waals surface area contributed by atoms with Crippen molar-refractivity contribution in [2.75, 3.05) is 38.2 Å². The standard InChI is InChI=1S/C26H31N3O4/c1-2-33-25(30)16-20-5-8-23-17-24(10-9-22(23)15-20)28-26(31)21-6-3-19(4-7-21)18-27-29-11-13-32-14-12-29/h3-4,6-7,9-10,17-18,20H,2,5,8,11-16H2,1H3,(H,28,31). The number of ether oxygens (including phenoxy) is 2. The number of hydrogen-bond acceptors (Lipinski definition) is 6. The summed E-state index contributed by atoms with van der Waals surface area (Å²) in [7, 11) is 0. The second kappa shape index (κ2) is 11.1. The van der Waals surface area contributed by atoms with Crippen molar-refractivity contribution >= 4 is 23.8 Å². The monoisotopic (exact) mass is 449 g/mol. The number of hydrazone groups is 1. The van der Waals surface area contributed by atoms with Crippen LogP contribution in [0.1, 0.15) is 46.8 Å². The topological polar surface area (TPSA) is 80.2 Å². The number of carbonyl (C=O) groups is 2. The lowest BCUT2D eigenvalue weighted by molar-refractivity contribution is -0.144. The van der Waals surface area contributed by atoms with Gasteiger partial charge in [0.15, 0.2) is 0 Å². The van der Waals surface area contributed by atoms with Crippen molar-refractivity contribution in [1.29, 1.82) is 0 Å². The van der Waals surface area contributed by atoms with Crippen LogP contribution in [0.4, 0.5) is 5.69 Å². The van der Waals surface area contributed by atoms with Gasteiger partial charge in [0.2, 0.25) is 0 Å². The van der Waals surface area contributed by atoms with Crippen LogP contribution in [0.2, 0.25) is 0 Å². The molecule has 1 aliphatic carbocycles. The number of benzene rings is 2. The van der Waals surface area contributed by atoms with E-state index in [4.69, 9.17) is 9.47 Å². The Kier molecular flexibility index (Phi) is 7.73. The molecular weight excluding hydrogens is 418 g/mol. The number of nitrogens with one attached hydrogen (secondary N) is 1. The maximum absolute atomic E-state index is 12.7. The Morgan fingerprint density at radius 1 is 1.15 bits per heavy atom. The molecule has 1 heterocycles. The smallest absolute Gasteiger partial charge is 0.306 e. The second-order valence-corrected chi connectivity index (χ2v) is 8.49. The normalized spacial score (nSPS) is 18.1. The van der Waals surface area contributed by atoms with Gasteiger partial charge in [0.05, 0.1) is 39.1 Å². The summed E-state index contributed by atoms with van der Waals surface area (Å²) in [5.74, 6) is 0.0677. The first-order valence-electron chi connectivity index (χ1n) is 11.7. The van der Waals surface area contributed by atoms with Crippen LogP contribution in [0.15, 0.2) is 47.6 Å². The predicted molar refractivity (Wildman–Crippen MR) is 128 cm³/mol. The van der Waals surface area contributed by atoms with Crippen molar-refractivity contribution in [1.82, 2.24) is 5.01 Å². The first kappa shape index (κ1) is 23.0. The first-order chi connectivity index (χ1) is 16.1. The molecule has 1 fully saturated rings. The zero-order valence-corrected chi connectivity index (χ0v) is 19.1. The summed E-state index contributed by atoms with van der Waals surface area (Å²) in [6.45, 7) is 5.25. The lowest BCUT2D eigenvalue weighted by atomic mass is 9.82. The number of rotatable bonds is 7. The maximum atomic E-state index is 12.7. The fourth-order valence-corrected chi connectivity index (χ4v) is 4.28. The number of nitrogens with zero attached hydrogens (tertiary/aromatic N) is 2. The fraction of sp³-hybridized carbons (Fsp3) is 0.423. The average molecular weight is 450 g/mol. The lowest BCUT2D eigenvalue weighted by Gasteiger charge is -2.24. The van der Waals surface area contributed by atoms with Gasteiger partial charge in [-0.3, -0.25) is 14.6 Å². The van der Waals surface area contributed by atoms with Crippen LogP contribution < -0.4 is 5.32 Å². The summed E-state index contributed by atoms with van der Waals surface area (Å²) in [5, 5.41) is 9.46. The minimum absolute atomic E-state index is 0.117. The Morgan fingerprint density at radius 3 is 2.70 bits per heavy atom. The summed E-state index contributed by atoms with van der Waals surface area (Å²) in [6.07, 6.45) is 5.01. The first-order valence-corrected chi connectivity index (χ1v) is 11.7. The van der Waals surface area contributed by atoms with E-state index in [1.165, 1.54) is 11.1 Å². The molecule has 0 spiro atoms. The fourth-order valence-electron chi connectivity index (χ4n) is 4.28. The van der Waals surface area contributed by atoms with E-state index < -0.39 is 0 Å². The van der Waals surface area contributed by atoms with Crippen molar-refractivity contribution in [2.24, 2.45) is 11.0 Å². The number of anilines is 1. The van der Waals surface area contributed by atoms with Crippen molar-refractivity contribution in [3.63, 3.8) is 0 Å².